The summed E-state index contributed by atoms with van der Waals surface area (Å²) in [5.41, 5.74) is 2.66. The van der Waals surface area contributed by atoms with Gasteiger partial charge in [0.05, 0.1) is 0 Å². The Morgan fingerprint density at radius 1 is 1.16 bits per heavy atom. The molecule has 1 aromatic rings. The van der Waals surface area contributed by atoms with Gasteiger partial charge in [0.25, 0.3) is 0 Å². The van der Waals surface area contributed by atoms with E-state index in [-0.39, 0.29) is 0 Å². The van der Waals surface area contributed by atoms with E-state index in [1.54, 1.807) is 0 Å². The fourth-order valence-electron chi connectivity index (χ4n) is 2.09. The lowest BCUT2D eigenvalue weighted by atomic mass is 10.2. The van der Waals surface area contributed by atoms with Crippen molar-refractivity contribution < 1.29 is 0 Å². The van der Waals surface area contributed by atoms with Crippen LogP contribution in [0.1, 0.15) is 45.6 Å². The first-order valence-corrected chi connectivity index (χ1v) is 8.26. The van der Waals surface area contributed by atoms with E-state index in [1.807, 2.05) is 0 Å². The molecule has 1 aromatic carbocycles. The topological polar surface area (TPSA) is 15.3 Å². The van der Waals surface area contributed by atoms with Gasteiger partial charge in [-0.3, -0.25) is 0 Å². The van der Waals surface area contributed by atoms with Crippen LogP contribution in [-0.4, -0.2) is 19.6 Å². The molecule has 0 unspecified atom stereocenters. The summed E-state index contributed by atoms with van der Waals surface area (Å²) >= 11 is 3.70. The molecule has 0 fully saturated rings. The standard InChI is InChI=1S/C16H27BrN2/c1-4-7-11-19(6-3)15-9-8-14(16(17)12-15)13-18-10-5-2/h8-9,12,18H,4-7,10-11,13H2,1-3H3. The van der Waals surface area contributed by atoms with E-state index in [0.717, 1.165) is 26.2 Å². The predicted octanol–water partition coefficient (Wildman–Crippen LogP) is 4.58. The first-order chi connectivity index (χ1) is 9.22. The number of hydrogen-bond acceptors (Lipinski definition) is 2. The maximum absolute atomic E-state index is 3.70. The number of anilines is 1. The molecule has 0 amide bonds. The summed E-state index contributed by atoms with van der Waals surface area (Å²) in [6.07, 6.45) is 3.68. The van der Waals surface area contributed by atoms with Gasteiger partial charge in [0.15, 0.2) is 0 Å². The van der Waals surface area contributed by atoms with E-state index in [1.165, 1.54) is 35.0 Å². The maximum Gasteiger partial charge on any atom is 0.0377 e. The van der Waals surface area contributed by atoms with Crippen LogP contribution >= 0.6 is 15.9 Å². The van der Waals surface area contributed by atoms with E-state index < -0.39 is 0 Å². The zero-order chi connectivity index (χ0) is 14.1. The van der Waals surface area contributed by atoms with Crippen LogP contribution in [-0.2, 0) is 6.54 Å². The zero-order valence-corrected chi connectivity index (χ0v) is 14.1. The van der Waals surface area contributed by atoms with Crippen molar-refractivity contribution in [3.05, 3.63) is 28.2 Å². The number of benzene rings is 1. The third-order valence-electron chi connectivity index (χ3n) is 3.31. The summed E-state index contributed by atoms with van der Waals surface area (Å²) in [5, 5.41) is 3.45. The molecule has 0 bridgehead atoms. The zero-order valence-electron chi connectivity index (χ0n) is 12.5. The molecular weight excluding hydrogens is 300 g/mol. The lowest BCUT2D eigenvalue weighted by molar-refractivity contribution is 0.673. The van der Waals surface area contributed by atoms with Crippen LogP contribution in [0.25, 0.3) is 0 Å². The first-order valence-electron chi connectivity index (χ1n) is 7.47. The van der Waals surface area contributed by atoms with Crippen LogP contribution in [0.2, 0.25) is 0 Å². The Kier molecular flexibility index (Phi) is 8.15. The molecule has 0 heterocycles. The lowest BCUT2D eigenvalue weighted by Crippen LogP contribution is -2.24. The fraction of sp³-hybridized carbons (Fsp3) is 0.625. The van der Waals surface area contributed by atoms with Crippen LogP contribution in [0.5, 0.6) is 0 Å². The van der Waals surface area contributed by atoms with Crippen molar-refractivity contribution in [2.75, 3.05) is 24.5 Å². The molecule has 1 rings (SSSR count). The van der Waals surface area contributed by atoms with Crippen molar-refractivity contribution in [3.63, 3.8) is 0 Å². The number of hydrogen-bond donors (Lipinski definition) is 1. The van der Waals surface area contributed by atoms with Crippen LogP contribution in [0.4, 0.5) is 5.69 Å². The predicted molar refractivity (Wildman–Crippen MR) is 88.9 cm³/mol. The fourth-order valence-corrected chi connectivity index (χ4v) is 2.60. The second-order valence-electron chi connectivity index (χ2n) is 4.89. The highest BCUT2D eigenvalue weighted by molar-refractivity contribution is 9.10. The number of halogens is 1. The maximum atomic E-state index is 3.70. The van der Waals surface area contributed by atoms with Crippen molar-refractivity contribution >= 4 is 21.6 Å². The minimum Gasteiger partial charge on any atom is -0.372 e. The molecule has 0 aliphatic carbocycles. The second-order valence-corrected chi connectivity index (χ2v) is 5.74. The largest absolute Gasteiger partial charge is 0.372 e. The van der Waals surface area contributed by atoms with Gasteiger partial charge in [0.1, 0.15) is 0 Å². The minimum absolute atomic E-state index is 0.940. The molecule has 19 heavy (non-hydrogen) atoms. The third-order valence-corrected chi connectivity index (χ3v) is 4.05. The Labute approximate surface area is 126 Å². The molecule has 0 saturated heterocycles. The van der Waals surface area contributed by atoms with Crippen LogP contribution < -0.4 is 10.2 Å². The third kappa shape index (κ3) is 5.53. The normalized spacial score (nSPS) is 10.7. The van der Waals surface area contributed by atoms with Crippen LogP contribution in [0.15, 0.2) is 22.7 Å². The first kappa shape index (κ1) is 16.5. The average Bonchev–Trinajstić information content (AvgIpc) is 2.42. The Balaban J connectivity index is 2.68. The molecule has 0 radical (unpaired) electrons. The number of nitrogens with one attached hydrogen (secondary N) is 1. The molecule has 0 spiro atoms. The molecule has 0 aliphatic rings. The van der Waals surface area contributed by atoms with E-state index >= 15 is 0 Å². The minimum atomic E-state index is 0.940. The van der Waals surface area contributed by atoms with Gasteiger partial charge in [-0.05, 0) is 44.0 Å². The van der Waals surface area contributed by atoms with Crippen molar-refractivity contribution in [3.8, 4) is 0 Å². The molecule has 0 saturated carbocycles. The molecule has 0 atom stereocenters. The highest BCUT2D eigenvalue weighted by Crippen LogP contribution is 2.24. The highest BCUT2D eigenvalue weighted by Gasteiger charge is 2.06. The van der Waals surface area contributed by atoms with Gasteiger partial charge < -0.3 is 10.2 Å². The summed E-state index contributed by atoms with van der Waals surface area (Å²) in [6, 6.07) is 6.73. The summed E-state index contributed by atoms with van der Waals surface area (Å²) in [6.45, 7) is 10.9. The summed E-state index contributed by atoms with van der Waals surface area (Å²) in [4.78, 5) is 2.44. The molecule has 2 nitrogen and oxygen atoms in total. The smallest absolute Gasteiger partial charge is 0.0377 e. The Morgan fingerprint density at radius 2 is 1.95 bits per heavy atom. The van der Waals surface area contributed by atoms with E-state index in [4.69, 9.17) is 0 Å². The van der Waals surface area contributed by atoms with Crippen LogP contribution in [0, 0.1) is 0 Å². The monoisotopic (exact) mass is 326 g/mol. The SMILES string of the molecule is CCCCN(CC)c1ccc(CNCCC)c(Br)c1. The van der Waals surface area contributed by atoms with Crippen molar-refractivity contribution in [1.82, 2.24) is 5.32 Å². The summed E-state index contributed by atoms with van der Waals surface area (Å²) in [7, 11) is 0. The molecule has 0 aliphatic heterocycles. The molecule has 1 N–H and O–H groups in total. The van der Waals surface area contributed by atoms with Gasteiger partial charge in [0.2, 0.25) is 0 Å². The van der Waals surface area contributed by atoms with Gasteiger partial charge in [-0.15, -0.1) is 0 Å². The molecule has 0 aromatic heterocycles. The molecular formula is C16H27BrN2. The van der Waals surface area contributed by atoms with Crippen molar-refractivity contribution in [2.24, 2.45) is 0 Å². The van der Waals surface area contributed by atoms with Gasteiger partial charge in [-0.1, -0.05) is 42.3 Å². The van der Waals surface area contributed by atoms with E-state index in [9.17, 15) is 0 Å². The average molecular weight is 327 g/mol. The number of nitrogens with zero attached hydrogens (tertiary/aromatic N) is 1. The van der Waals surface area contributed by atoms with E-state index in [2.05, 4.69) is 65.1 Å². The quantitative estimate of drug-likeness (QED) is 0.668. The van der Waals surface area contributed by atoms with Gasteiger partial charge in [-0.2, -0.15) is 0 Å². The second kappa shape index (κ2) is 9.38. The van der Waals surface area contributed by atoms with Gasteiger partial charge in [-0.25, -0.2) is 0 Å². The number of unbranched alkanes of at least 4 members (excludes halogenated alkanes) is 1. The Hall–Kier alpha value is -0.540. The Morgan fingerprint density at radius 3 is 2.53 bits per heavy atom. The van der Waals surface area contributed by atoms with E-state index in [0.29, 0.717) is 0 Å². The van der Waals surface area contributed by atoms with Crippen molar-refractivity contribution in [1.29, 1.82) is 0 Å². The van der Waals surface area contributed by atoms with Gasteiger partial charge in [0, 0.05) is 29.8 Å². The highest BCUT2D eigenvalue weighted by atomic mass is 79.9. The summed E-state index contributed by atoms with van der Waals surface area (Å²) < 4.78 is 1.21. The Bertz CT molecular complexity index is 366. The molecule has 3 heteroatoms. The van der Waals surface area contributed by atoms with Crippen LogP contribution in [0.3, 0.4) is 0 Å². The lowest BCUT2D eigenvalue weighted by Gasteiger charge is -2.23. The van der Waals surface area contributed by atoms with Gasteiger partial charge >= 0.3 is 0 Å². The summed E-state index contributed by atoms with van der Waals surface area (Å²) in [5.74, 6) is 0. The number of rotatable bonds is 9. The van der Waals surface area contributed by atoms with Crippen molar-refractivity contribution in [2.45, 2.75) is 46.6 Å². The molecule has 108 valence electrons.